The lowest BCUT2D eigenvalue weighted by Crippen LogP contribution is -2.29. The fourth-order valence-corrected chi connectivity index (χ4v) is 5.34. The van der Waals surface area contributed by atoms with Crippen LogP contribution in [-0.4, -0.2) is 45.2 Å². The zero-order valence-corrected chi connectivity index (χ0v) is 16.7. The van der Waals surface area contributed by atoms with Gasteiger partial charge in [-0.2, -0.15) is 13.7 Å². The molecule has 8 nitrogen and oxygen atoms in total. The smallest absolute Gasteiger partial charge is 0.245 e. The van der Waals surface area contributed by atoms with Crippen LogP contribution in [0.5, 0.6) is 0 Å². The first-order valence-corrected chi connectivity index (χ1v) is 11.2. The molecule has 1 aliphatic rings. The third-order valence-corrected chi connectivity index (χ3v) is 7.46. The van der Waals surface area contributed by atoms with E-state index in [0.717, 1.165) is 24.6 Å². The zero-order valence-electron chi connectivity index (χ0n) is 15.0. The topological polar surface area (TPSA) is 102 Å². The van der Waals surface area contributed by atoms with Crippen LogP contribution in [-0.2, 0) is 16.4 Å². The van der Waals surface area contributed by atoms with Gasteiger partial charge in [-0.05, 0) is 25.0 Å². The van der Waals surface area contributed by atoms with Gasteiger partial charge in [0.25, 0.3) is 0 Å². The second-order valence-electron chi connectivity index (χ2n) is 6.85. The predicted octanol–water partition coefficient (Wildman–Crippen LogP) is 2.99. The molecule has 0 spiro atoms. The quantitative estimate of drug-likeness (QED) is 0.619. The number of aromatic nitrogens is 4. The predicted molar refractivity (Wildman–Crippen MR) is 101 cm³/mol. The Morgan fingerprint density at radius 2 is 2.04 bits per heavy atom. The van der Waals surface area contributed by atoms with E-state index in [2.05, 4.69) is 18.9 Å². The van der Waals surface area contributed by atoms with Crippen LogP contribution in [0, 0.1) is 0 Å². The molecule has 0 amide bonds. The molecule has 0 unspecified atom stereocenters. The second-order valence-corrected chi connectivity index (χ2v) is 9.39. The van der Waals surface area contributed by atoms with E-state index in [9.17, 15) is 8.42 Å². The van der Waals surface area contributed by atoms with Crippen molar-refractivity contribution >= 4 is 32.8 Å². The molecule has 0 atom stereocenters. The van der Waals surface area contributed by atoms with E-state index in [0.29, 0.717) is 35.1 Å². The largest absolute Gasteiger partial charge is 0.339 e. The maximum Gasteiger partial charge on any atom is 0.245 e. The summed E-state index contributed by atoms with van der Waals surface area (Å²) < 4.78 is 40.8. The lowest BCUT2D eigenvalue weighted by atomic mass is 9.89. The van der Waals surface area contributed by atoms with Gasteiger partial charge < -0.3 is 4.52 Å². The van der Waals surface area contributed by atoms with Crippen molar-refractivity contribution < 1.29 is 12.9 Å². The van der Waals surface area contributed by atoms with Crippen molar-refractivity contribution in [2.24, 2.45) is 0 Å². The van der Waals surface area contributed by atoms with Crippen molar-refractivity contribution in [3.05, 3.63) is 29.9 Å². The lowest BCUT2D eigenvalue weighted by Gasteiger charge is -2.17. The summed E-state index contributed by atoms with van der Waals surface area (Å²) in [5.41, 5.74) is 0.998. The van der Waals surface area contributed by atoms with Crippen LogP contribution < -0.4 is 0 Å². The molecule has 2 aromatic heterocycles. The van der Waals surface area contributed by atoms with Gasteiger partial charge in [0, 0.05) is 25.9 Å². The van der Waals surface area contributed by atoms with Gasteiger partial charge in [-0.1, -0.05) is 30.5 Å². The van der Waals surface area contributed by atoms with Gasteiger partial charge in [0.1, 0.15) is 15.9 Å². The van der Waals surface area contributed by atoms with Gasteiger partial charge in [0.2, 0.25) is 15.9 Å². The average Bonchev–Trinajstić information content (AvgIpc) is 3.35. The zero-order chi connectivity index (χ0) is 18.9. The number of benzene rings is 1. The molecule has 4 rings (SSSR count). The van der Waals surface area contributed by atoms with E-state index in [1.165, 1.54) is 23.6 Å². The number of hydrogen-bond acceptors (Lipinski definition) is 8. The van der Waals surface area contributed by atoms with Crippen LogP contribution in [0.15, 0.2) is 27.6 Å². The molecular formula is C17H21N5O3S2. The average molecular weight is 408 g/mol. The molecule has 0 N–H and O–H groups in total. The van der Waals surface area contributed by atoms with Crippen molar-refractivity contribution in [1.82, 2.24) is 23.2 Å². The fraction of sp³-hybridized carbons (Fsp3) is 0.529. The summed E-state index contributed by atoms with van der Waals surface area (Å²) in [6.07, 6.45) is 6.22. The number of rotatable bonds is 6. The van der Waals surface area contributed by atoms with Gasteiger partial charge >= 0.3 is 0 Å². The van der Waals surface area contributed by atoms with Crippen molar-refractivity contribution in [3.8, 4) is 0 Å². The third-order valence-electron chi connectivity index (χ3n) is 5.03. The molecule has 144 valence electrons. The molecule has 3 aromatic rings. The summed E-state index contributed by atoms with van der Waals surface area (Å²) in [7, 11) is -2.12. The molecule has 0 bridgehead atoms. The molecule has 10 heteroatoms. The summed E-state index contributed by atoms with van der Waals surface area (Å²) >= 11 is 1.01. The highest BCUT2D eigenvalue weighted by Crippen LogP contribution is 2.31. The molecule has 1 saturated carbocycles. The summed E-state index contributed by atoms with van der Waals surface area (Å²) in [6, 6.07) is 5.00. The molecule has 1 aliphatic carbocycles. The third kappa shape index (κ3) is 3.74. The lowest BCUT2D eigenvalue weighted by molar-refractivity contribution is 0.311. The standard InChI is InChI=1S/C17H21N5O3S2/c1-22(27(23,24)14-9-5-8-13-16(14)21-26-20-13)11-10-15-18-17(25-19-15)12-6-3-2-4-7-12/h5,8-9,12H,2-4,6-7,10-11H2,1H3. The molecule has 2 heterocycles. The maximum absolute atomic E-state index is 12.9. The molecule has 0 saturated heterocycles. The second kappa shape index (κ2) is 7.61. The van der Waals surface area contributed by atoms with Crippen LogP contribution in [0.4, 0.5) is 0 Å². The Morgan fingerprint density at radius 3 is 2.85 bits per heavy atom. The van der Waals surface area contributed by atoms with Gasteiger partial charge in [-0.3, -0.25) is 0 Å². The first-order chi connectivity index (χ1) is 13.1. The molecule has 0 radical (unpaired) electrons. The minimum absolute atomic E-state index is 0.173. The Hall–Kier alpha value is -1.91. The van der Waals surface area contributed by atoms with E-state index in [1.807, 2.05) is 0 Å². The van der Waals surface area contributed by atoms with E-state index in [1.54, 1.807) is 25.2 Å². The van der Waals surface area contributed by atoms with E-state index in [4.69, 9.17) is 4.52 Å². The summed E-state index contributed by atoms with van der Waals surface area (Å²) in [5.74, 6) is 1.58. The van der Waals surface area contributed by atoms with Crippen LogP contribution in [0.25, 0.3) is 11.0 Å². The van der Waals surface area contributed by atoms with Crippen LogP contribution in [0.3, 0.4) is 0 Å². The fourth-order valence-electron chi connectivity index (χ4n) is 3.42. The Labute approximate surface area is 162 Å². The van der Waals surface area contributed by atoms with E-state index < -0.39 is 10.0 Å². The SMILES string of the molecule is CN(CCc1noc(C2CCCCC2)n1)S(=O)(=O)c1cccc2nsnc12. The van der Waals surface area contributed by atoms with E-state index in [-0.39, 0.29) is 11.4 Å². The Kier molecular flexibility index (Phi) is 5.20. The molecule has 1 fully saturated rings. The number of hydrogen-bond donors (Lipinski definition) is 0. The normalized spacial score (nSPS) is 16.4. The summed E-state index contributed by atoms with van der Waals surface area (Å²) in [4.78, 5) is 4.66. The van der Waals surface area contributed by atoms with Crippen LogP contribution in [0.1, 0.15) is 49.7 Å². The van der Waals surface area contributed by atoms with Gasteiger partial charge in [-0.15, -0.1) is 0 Å². The van der Waals surface area contributed by atoms with Crippen molar-refractivity contribution in [3.63, 3.8) is 0 Å². The summed E-state index contributed by atoms with van der Waals surface area (Å²) in [6.45, 7) is 0.264. The Bertz CT molecular complexity index is 1020. The van der Waals surface area contributed by atoms with Crippen LogP contribution >= 0.6 is 11.7 Å². The maximum atomic E-state index is 12.9. The molecular weight excluding hydrogens is 386 g/mol. The minimum Gasteiger partial charge on any atom is -0.339 e. The number of fused-ring (bicyclic) bond motifs is 1. The van der Waals surface area contributed by atoms with Gasteiger partial charge in [0.05, 0.1) is 11.7 Å². The molecule has 27 heavy (non-hydrogen) atoms. The number of likely N-dealkylation sites (N-methyl/N-ethyl adjacent to an activating group) is 1. The summed E-state index contributed by atoms with van der Waals surface area (Å²) in [5, 5.41) is 4.03. The first-order valence-electron chi connectivity index (χ1n) is 9.06. The van der Waals surface area contributed by atoms with E-state index >= 15 is 0 Å². The highest BCUT2D eigenvalue weighted by Gasteiger charge is 2.26. The number of sulfonamides is 1. The Balaban J connectivity index is 1.45. The van der Waals surface area contributed by atoms with Crippen molar-refractivity contribution in [2.45, 2.75) is 49.3 Å². The number of nitrogens with zero attached hydrogens (tertiary/aromatic N) is 5. The van der Waals surface area contributed by atoms with Crippen LogP contribution in [0.2, 0.25) is 0 Å². The highest BCUT2D eigenvalue weighted by atomic mass is 32.2. The van der Waals surface area contributed by atoms with Crippen molar-refractivity contribution in [1.29, 1.82) is 0 Å². The van der Waals surface area contributed by atoms with Gasteiger partial charge in [0.15, 0.2) is 5.82 Å². The van der Waals surface area contributed by atoms with Gasteiger partial charge in [-0.25, -0.2) is 12.7 Å². The highest BCUT2D eigenvalue weighted by molar-refractivity contribution is 7.89. The first kappa shape index (κ1) is 18.5. The van der Waals surface area contributed by atoms with Crippen molar-refractivity contribution in [2.75, 3.05) is 13.6 Å². The minimum atomic E-state index is -3.67. The Morgan fingerprint density at radius 1 is 1.22 bits per heavy atom. The molecule has 0 aliphatic heterocycles. The molecule has 1 aromatic carbocycles. The monoisotopic (exact) mass is 407 g/mol.